The van der Waals surface area contributed by atoms with E-state index in [-0.39, 0.29) is 23.8 Å². The third kappa shape index (κ3) is 5.88. The Kier molecular flexibility index (Phi) is 7.54. The zero-order valence-corrected chi connectivity index (χ0v) is 12.5. The van der Waals surface area contributed by atoms with E-state index in [2.05, 4.69) is 10.6 Å². The molecule has 0 saturated heterocycles. The van der Waals surface area contributed by atoms with Gasteiger partial charge < -0.3 is 21.1 Å². The van der Waals surface area contributed by atoms with Gasteiger partial charge in [-0.05, 0) is 39.0 Å². The molecule has 4 N–H and O–H groups in total. The third-order valence-electron chi connectivity index (χ3n) is 3.83. The van der Waals surface area contributed by atoms with E-state index in [1.165, 1.54) is 0 Å². The van der Waals surface area contributed by atoms with Crippen LogP contribution in [0, 0.1) is 5.92 Å². The van der Waals surface area contributed by atoms with Gasteiger partial charge in [0.25, 0.3) is 0 Å². The minimum atomic E-state index is -0.215. The average Bonchev–Trinajstić information content (AvgIpc) is 2.44. The number of hydrogen-bond acceptors (Lipinski definition) is 4. The first-order valence-corrected chi connectivity index (χ1v) is 7.36. The summed E-state index contributed by atoms with van der Waals surface area (Å²) < 4.78 is 4.93. The predicted octanol–water partition coefficient (Wildman–Crippen LogP) is 0.161. The average molecular weight is 285 g/mol. The quantitative estimate of drug-likeness (QED) is 0.554. The molecule has 1 saturated carbocycles. The molecule has 0 heterocycles. The van der Waals surface area contributed by atoms with Crippen molar-refractivity contribution in [3.63, 3.8) is 0 Å². The monoisotopic (exact) mass is 285 g/mol. The maximum atomic E-state index is 11.9. The molecule has 1 fully saturated rings. The number of nitrogens with two attached hydrogens (primary N) is 1. The fraction of sp³-hybridized carbons (Fsp3) is 0.857. The van der Waals surface area contributed by atoms with Gasteiger partial charge in [0.2, 0.25) is 11.8 Å². The maximum Gasteiger partial charge on any atom is 0.236 e. The predicted molar refractivity (Wildman–Crippen MR) is 77.0 cm³/mol. The van der Waals surface area contributed by atoms with E-state index in [1.54, 1.807) is 7.11 Å². The zero-order chi connectivity index (χ0) is 15.0. The number of carbonyl (C=O) groups is 2. The minimum absolute atomic E-state index is 0.00577. The van der Waals surface area contributed by atoms with Gasteiger partial charge in [-0.25, -0.2) is 0 Å². The van der Waals surface area contributed by atoms with Crippen molar-refractivity contribution >= 4 is 11.8 Å². The highest BCUT2D eigenvalue weighted by Crippen LogP contribution is 2.24. The van der Waals surface area contributed by atoms with Crippen LogP contribution in [0.5, 0.6) is 0 Å². The van der Waals surface area contributed by atoms with Crippen LogP contribution < -0.4 is 16.4 Å². The number of primary amides is 1. The molecule has 0 spiro atoms. The summed E-state index contributed by atoms with van der Waals surface area (Å²) in [6.45, 7) is 3.15. The SMILES string of the molecule is COCCCNC(=O)C(C)NC1CCC(C(N)=O)CC1. The van der Waals surface area contributed by atoms with Gasteiger partial charge in [0.05, 0.1) is 6.04 Å². The first-order chi connectivity index (χ1) is 9.54. The summed E-state index contributed by atoms with van der Waals surface area (Å²) >= 11 is 0. The first kappa shape index (κ1) is 16.9. The van der Waals surface area contributed by atoms with Crippen molar-refractivity contribution in [1.82, 2.24) is 10.6 Å². The van der Waals surface area contributed by atoms with Crippen molar-refractivity contribution in [1.29, 1.82) is 0 Å². The number of amides is 2. The number of rotatable bonds is 8. The molecule has 0 aromatic heterocycles. The van der Waals surface area contributed by atoms with Gasteiger partial charge in [-0.3, -0.25) is 9.59 Å². The number of ether oxygens (including phenoxy) is 1. The molecule has 0 bridgehead atoms. The van der Waals surface area contributed by atoms with E-state index in [1.807, 2.05) is 6.92 Å². The van der Waals surface area contributed by atoms with Crippen LogP contribution in [0.2, 0.25) is 0 Å². The zero-order valence-electron chi connectivity index (χ0n) is 12.5. The lowest BCUT2D eigenvalue weighted by Crippen LogP contribution is -2.48. The van der Waals surface area contributed by atoms with Gasteiger partial charge in [-0.2, -0.15) is 0 Å². The number of methoxy groups -OCH3 is 1. The van der Waals surface area contributed by atoms with Gasteiger partial charge in [0, 0.05) is 32.2 Å². The second kappa shape index (κ2) is 8.92. The van der Waals surface area contributed by atoms with Crippen LogP contribution in [-0.4, -0.2) is 44.2 Å². The molecule has 0 aromatic carbocycles. The summed E-state index contributed by atoms with van der Waals surface area (Å²) in [6.07, 6.45) is 4.24. The van der Waals surface area contributed by atoms with Crippen molar-refractivity contribution in [3.8, 4) is 0 Å². The fourth-order valence-electron chi connectivity index (χ4n) is 2.56. The van der Waals surface area contributed by atoms with Crippen molar-refractivity contribution in [3.05, 3.63) is 0 Å². The van der Waals surface area contributed by atoms with Crippen LogP contribution in [0.3, 0.4) is 0 Å². The molecule has 6 nitrogen and oxygen atoms in total. The standard InChI is InChI=1S/C14H27N3O3/c1-10(14(19)16-8-3-9-20-2)17-12-6-4-11(5-7-12)13(15)18/h10-12,17H,3-9H2,1-2H3,(H2,15,18)(H,16,19). The number of carbonyl (C=O) groups excluding carboxylic acids is 2. The molecule has 6 heteroatoms. The second-order valence-corrected chi connectivity index (χ2v) is 5.48. The Hall–Kier alpha value is -1.14. The maximum absolute atomic E-state index is 11.9. The molecule has 0 aliphatic heterocycles. The van der Waals surface area contributed by atoms with Crippen LogP contribution in [0.4, 0.5) is 0 Å². The lowest BCUT2D eigenvalue weighted by atomic mass is 9.85. The van der Waals surface area contributed by atoms with Crippen molar-refractivity contribution in [2.75, 3.05) is 20.3 Å². The first-order valence-electron chi connectivity index (χ1n) is 7.36. The van der Waals surface area contributed by atoms with Crippen molar-refractivity contribution in [2.24, 2.45) is 11.7 Å². The highest BCUT2D eigenvalue weighted by atomic mass is 16.5. The normalized spacial score (nSPS) is 24.1. The van der Waals surface area contributed by atoms with Crippen molar-refractivity contribution in [2.45, 2.75) is 51.1 Å². The molecular weight excluding hydrogens is 258 g/mol. The van der Waals surface area contributed by atoms with Crippen LogP contribution in [0.1, 0.15) is 39.0 Å². The van der Waals surface area contributed by atoms with Crippen LogP contribution in [0.15, 0.2) is 0 Å². The lowest BCUT2D eigenvalue weighted by Gasteiger charge is -2.29. The summed E-state index contributed by atoms with van der Waals surface area (Å²) in [5, 5.41) is 6.20. The van der Waals surface area contributed by atoms with Gasteiger partial charge in [0.1, 0.15) is 0 Å². The Bertz CT molecular complexity index is 315. The molecule has 1 rings (SSSR count). The molecule has 0 radical (unpaired) electrons. The Morgan fingerprint density at radius 1 is 1.30 bits per heavy atom. The smallest absolute Gasteiger partial charge is 0.236 e. The molecule has 1 atom stereocenters. The van der Waals surface area contributed by atoms with Crippen LogP contribution >= 0.6 is 0 Å². The van der Waals surface area contributed by atoms with Crippen LogP contribution in [-0.2, 0) is 14.3 Å². The summed E-state index contributed by atoms with van der Waals surface area (Å²) in [6, 6.07) is 0.0815. The second-order valence-electron chi connectivity index (χ2n) is 5.48. The van der Waals surface area contributed by atoms with E-state index in [0.717, 1.165) is 32.1 Å². The molecule has 20 heavy (non-hydrogen) atoms. The molecule has 1 unspecified atom stereocenters. The Morgan fingerprint density at radius 3 is 2.50 bits per heavy atom. The topological polar surface area (TPSA) is 93.4 Å². The number of hydrogen-bond donors (Lipinski definition) is 3. The summed E-state index contributed by atoms with van der Waals surface area (Å²) in [5.74, 6) is -0.184. The Balaban J connectivity index is 2.20. The van der Waals surface area contributed by atoms with E-state index in [4.69, 9.17) is 10.5 Å². The molecule has 2 amide bonds. The van der Waals surface area contributed by atoms with Gasteiger partial charge >= 0.3 is 0 Å². The van der Waals surface area contributed by atoms with E-state index in [9.17, 15) is 9.59 Å². The summed E-state index contributed by atoms with van der Waals surface area (Å²) in [4.78, 5) is 23.0. The molecule has 116 valence electrons. The molecule has 1 aliphatic carbocycles. The van der Waals surface area contributed by atoms with Crippen LogP contribution in [0.25, 0.3) is 0 Å². The summed E-state index contributed by atoms with van der Waals surface area (Å²) in [5.41, 5.74) is 5.31. The van der Waals surface area contributed by atoms with Gasteiger partial charge in [0.15, 0.2) is 0 Å². The highest BCUT2D eigenvalue weighted by Gasteiger charge is 2.26. The van der Waals surface area contributed by atoms with E-state index in [0.29, 0.717) is 19.2 Å². The van der Waals surface area contributed by atoms with Crippen molar-refractivity contribution < 1.29 is 14.3 Å². The molecular formula is C14H27N3O3. The third-order valence-corrected chi connectivity index (χ3v) is 3.83. The Labute approximate surface area is 120 Å². The fourth-order valence-corrected chi connectivity index (χ4v) is 2.56. The minimum Gasteiger partial charge on any atom is -0.385 e. The number of nitrogens with one attached hydrogen (secondary N) is 2. The highest BCUT2D eigenvalue weighted by molar-refractivity contribution is 5.81. The van der Waals surface area contributed by atoms with Gasteiger partial charge in [-0.15, -0.1) is 0 Å². The van der Waals surface area contributed by atoms with Gasteiger partial charge in [-0.1, -0.05) is 0 Å². The lowest BCUT2D eigenvalue weighted by molar-refractivity contribution is -0.124. The van der Waals surface area contributed by atoms with E-state index >= 15 is 0 Å². The molecule has 0 aromatic rings. The van der Waals surface area contributed by atoms with E-state index < -0.39 is 0 Å². The molecule has 1 aliphatic rings. The largest absolute Gasteiger partial charge is 0.385 e. The summed E-state index contributed by atoms with van der Waals surface area (Å²) in [7, 11) is 1.65. The Morgan fingerprint density at radius 2 is 1.95 bits per heavy atom.